The van der Waals surface area contributed by atoms with Gasteiger partial charge in [-0.2, -0.15) is 10.5 Å². The van der Waals surface area contributed by atoms with E-state index in [-0.39, 0.29) is 22.4 Å². The molecule has 0 spiro atoms. The standard InChI is InChI=1S/C20H6N6O2/c1-24-16(10-23)20-26-15-5-3-12(7-18(15)28-20)11-2-4-14-17(6-11)27-19(25-14)13(8-21)9-22/h2-7H/b12-11+,20-16+. The van der Waals surface area contributed by atoms with Crippen LogP contribution in [0.25, 0.3) is 38.3 Å². The zero-order chi connectivity index (χ0) is 19.7. The maximum atomic E-state index is 8.96. The smallest absolute Gasteiger partial charge is 0.322 e. The summed E-state index contributed by atoms with van der Waals surface area (Å²) >= 11 is 0. The monoisotopic (exact) mass is 362 g/mol. The van der Waals surface area contributed by atoms with Gasteiger partial charge in [-0.25, -0.2) is 20.1 Å². The Morgan fingerprint density at radius 3 is 1.86 bits per heavy atom. The van der Waals surface area contributed by atoms with Gasteiger partial charge in [0.1, 0.15) is 23.2 Å². The molecule has 0 N–H and O–H groups in total. The van der Waals surface area contributed by atoms with Crippen molar-refractivity contribution in [2.24, 2.45) is 0 Å². The molecule has 0 unspecified atom stereocenters. The largest absolute Gasteiger partial charge is 0.446 e. The van der Waals surface area contributed by atoms with Gasteiger partial charge in [0.15, 0.2) is 16.7 Å². The van der Waals surface area contributed by atoms with Gasteiger partial charge in [-0.1, -0.05) is 12.1 Å². The van der Waals surface area contributed by atoms with Crippen LogP contribution < -0.4 is 11.1 Å². The van der Waals surface area contributed by atoms with Gasteiger partial charge >= 0.3 is 5.70 Å². The fraction of sp³-hybridized carbons (Fsp3) is 0. The number of fused-ring (bicyclic) bond motifs is 2. The summed E-state index contributed by atoms with van der Waals surface area (Å²) in [5, 5.41) is 28.4. The molecule has 8 nitrogen and oxygen atoms in total. The lowest BCUT2D eigenvalue weighted by Gasteiger charge is -1.90. The van der Waals surface area contributed by atoms with Gasteiger partial charge in [-0.05, 0) is 34.7 Å². The Morgan fingerprint density at radius 2 is 1.36 bits per heavy atom. The second-order valence-corrected chi connectivity index (χ2v) is 5.57. The van der Waals surface area contributed by atoms with Crippen molar-refractivity contribution in [3.8, 4) is 18.2 Å². The molecule has 0 aliphatic heterocycles. The zero-order valence-electron chi connectivity index (χ0n) is 14.0. The summed E-state index contributed by atoms with van der Waals surface area (Å²) in [5.41, 5.74) is 1.47. The first kappa shape index (κ1) is 16.5. The molecule has 0 atom stereocenters. The fourth-order valence-corrected chi connectivity index (χ4v) is 2.66. The van der Waals surface area contributed by atoms with Crippen molar-refractivity contribution in [2.75, 3.05) is 0 Å². The highest BCUT2D eigenvalue weighted by atomic mass is 16.3. The van der Waals surface area contributed by atoms with Gasteiger partial charge in [-0.3, -0.25) is 0 Å². The summed E-state index contributed by atoms with van der Waals surface area (Å²) < 4.78 is 11.1. The van der Waals surface area contributed by atoms with Crippen molar-refractivity contribution in [1.82, 2.24) is 9.97 Å². The topological polar surface area (TPSA) is 128 Å². The molecule has 0 amide bonds. The Hall–Kier alpha value is -4.92. The minimum atomic E-state index is -0.213. The third-order valence-electron chi connectivity index (χ3n) is 3.97. The van der Waals surface area contributed by atoms with Crippen LogP contribution in [0.5, 0.6) is 0 Å². The molecule has 0 saturated heterocycles. The second kappa shape index (κ2) is 6.42. The van der Waals surface area contributed by atoms with Gasteiger partial charge in [0.25, 0.3) is 0 Å². The van der Waals surface area contributed by atoms with Crippen LogP contribution in [0.3, 0.4) is 0 Å². The van der Waals surface area contributed by atoms with E-state index in [1.54, 1.807) is 42.5 Å². The lowest BCUT2D eigenvalue weighted by atomic mass is 10.2. The van der Waals surface area contributed by atoms with E-state index in [2.05, 4.69) is 14.8 Å². The molecule has 0 bridgehead atoms. The summed E-state index contributed by atoms with van der Waals surface area (Å²) in [7, 11) is 0. The number of benzene rings is 2. The average Bonchev–Trinajstić information content (AvgIpc) is 3.32. The van der Waals surface area contributed by atoms with Crippen LogP contribution in [-0.4, -0.2) is 9.97 Å². The molecule has 2 aromatic heterocycles. The highest BCUT2D eigenvalue weighted by Crippen LogP contribution is 2.14. The Balaban J connectivity index is 2.02. The van der Waals surface area contributed by atoms with E-state index >= 15 is 0 Å². The summed E-state index contributed by atoms with van der Waals surface area (Å²) in [6.45, 7) is 6.99. The lowest BCUT2D eigenvalue weighted by molar-refractivity contribution is 0.558. The Kier molecular flexibility index (Phi) is 3.80. The second-order valence-electron chi connectivity index (χ2n) is 5.57. The normalized spacial score (nSPS) is 12.6. The predicted octanol–water partition coefficient (Wildman–Crippen LogP) is 2.00. The van der Waals surface area contributed by atoms with Gasteiger partial charge in [0.2, 0.25) is 11.1 Å². The molecule has 2 aromatic carbocycles. The molecular formula is C20H6N6O2. The summed E-state index contributed by atoms with van der Waals surface area (Å²) in [6.07, 6.45) is 0. The third kappa shape index (κ3) is 2.61. The van der Waals surface area contributed by atoms with Gasteiger partial charge in [-0.15, -0.1) is 0 Å². The van der Waals surface area contributed by atoms with E-state index in [4.69, 9.17) is 31.2 Å². The molecule has 128 valence electrons. The summed E-state index contributed by atoms with van der Waals surface area (Å²) in [4.78, 5) is 11.4. The van der Waals surface area contributed by atoms with Crippen LogP contribution in [-0.2, 0) is 0 Å². The first-order valence-corrected chi connectivity index (χ1v) is 7.81. The van der Waals surface area contributed by atoms with Crippen LogP contribution >= 0.6 is 0 Å². The van der Waals surface area contributed by atoms with E-state index in [0.29, 0.717) is 22.2 Å². The van der Waals surface area contributed by atoms with Crippen molar-refractivity contribution < 1.29 is 8.83 Å². The van der Waals surface area contributed by atoms with Crippen molar-refractivity contribution in [3.63, 3.8) is 0 Å². The Labute approximate surface area is 156 Å². The lowest BCUT2D eigenvalue weighted by Crippen LogP contribution is -2.03. The third-order valence-corrected chi connectivity index (χ3v) is 3.97. The van der Waals surface area contributed by atoms with Gasteiger partial charge in [0, 0.05) is 0 Å². The molecule has 28 heavy (non-hydrogen) atoms. The molecule has 0 saturated carbocycles. The number of nitrogens with zero attached hydrogens (tertiary/aromatic N) is 6. The number of hydrogen-bond acceptors (Lipinski definition) is 7. The van der Waals surface area contributed by atoms with Crippen molar-refractivity contribution in [3.05, 3.63) is 69.3 Å². The van der Waals surface area contributed by atoms with E-state index in [1.165, 1.54) is 0 Å². The number of nitriles is 3. The molecular weight excluding hydrogens is 356 g/mol. The molecule has 8 heteroatoms. The Morgan fingerprint density at radius 1 is 0.821 bits per heavy atom. The van der Waals surface area contributed by atoms with Crippen LogP contribution in [0.1, 0.15) is 0 Å². The van der Waals surface area contributed by atoms with E-state index in [9.17, 15) is 0 Å². The molecule has 0 radical (unpaired) electrons. The van der Waals surface area contributed by atoms with Crippen molar-refractivity contribution in [1.29, 1.82) is 15.8 Å². The Bertz CT molecular complexity index is 1510. The summed E-state index contributed by atoms with van der Waals surface area (Å²) in [5.74, 6) is 0. The molecule has 4 rings (SSSR count). The molecule has 2 heterocycles. The minimum absolute atomic E-state index is 0.0175. The van der Waals surface area contributed by atoms with Crippen molar-refractivity contribution in [2.45, 2.75) is 0 Å². The average molecular weight is 362 g/mol. The fourth-order valence-electron chi connectivity index (χ4n) is 2.66. The van der Waals surface area contributed by atoms with E-state index < -0.39 is 0 Å². The van der Waals surface area contributed by atoms with Crippen LogP contribution in [0.4, 0.5) is 0 Å². The van der Waals surface area contributed by atoms with Gasteiger partial charge < -0.3 is 8.83 Å². The van der Waals surface area contributed by atoms with Crippen LogP contribution in [0.15, 0.2) is 45.2 Å². The van der Waals surface area contributed by atoms with E-state index in [0.717, 1.165) is 10.4 Å². The number of aromatic nitrogens is 2. The van der Waals surface area contributed by atoms with Crippen LogP contribution in [0.2, 0.25) is 0 Å². The first-order valence-electron chi connectivity index (χ1n) is 7.81. The van der Waals surface area contributed by atoms with Gasteiger partial charge in [0.05, 0.1) is 12.6 Å². The SMILES string of the molecule is [C-]#[N+]/C(C#N)=c1\nc2cc/c(=c3/ccc4nc(=C(C#N)C#N)oc4c3)cc2o1. The maximum Gasteiger partial charge on any atom is 0.322 e. The quantitative estimate of drug-likeness (QED) is 0.438. The van der Waals surface area contributed by atoms with E-state index in [1.807, 2.05) is 12.1 Å². The minimum Gasteiger partial charge on any atom is -0.446 e. The molecule has 0 aliphatic rings. The highest BCUT2D eigenvalue weighted by Gasteiger charge is 2.07. The number of oxazole rings is 2. The summed E-state index contributed by atoms with van der Waals surface area (Å²) in [6, 6.07) is 15.8. The number of hydrogen-bond donors (Lipinski definition) is 0. The highest BCUT2D eigenvalue weighted by molar-refractivity contribution is 5.77. The number of rotatable bonds is 0. The predicted molar refractivity (Wildman–Crippen MR) is 95.2 cm³/mol. The van der Waals surface area contributed by atoms with Crippen LogP contribution in [0, 0.1) is 51.0 Å². The zero-order valence-corrected chi connectivity index (χ0v) is 14.0. The molecule has 0 aliphatic carbocycles. The molecule has 0 fully saturated rings. The molecule has 4 aromatic rings. The van der Waals surface area contributed by atoms with Crippen molar-refractivity contribution >= 4 is 33.5 Å². The first-order chi connectivity index (χ1) is 13.7. The maximum absolute atomic E-state index is 8.96.